The SMILES string of the molecule is Cc1cccc(NC(=O)C2CSc3nc(C(C)(C)C)cc(=O)n3C2)n1. The van der Waals surface area contributed by atoms with E-state index in [0.29, 0.717) is 23.3 Å². The van der Waals surface area contributed by atoms with E-state index < -0.39 is 0 Å². The minimum atomic E-state index is -0.292. The van der Waals surface area contributed by atoms with Gasteiger partial charge in [-0.05, 0) is 19.1 Å². The van der Waals surface area contributed by atoms with Crippen molar-refractivity contribution in [3.05, 3.63) is 46.0 Å². The number of amides is 1. The van der Waals surface area contributed by atoms with E-state index in [1.54, 1.807) is 16.7 Å². The molecule has 1 aliphatic heterocycles. The average molecular weight is 358 g/mol. The summed E-state index contributed by atoms with van der Waals surface area (Å²) >= 11 is 1.45. The number of nitrogens with one attached hydrogen (secondary N) is 1. The third kappa shape index (κ3) is 3.92. The molecule has 132 valence electrons. The third-order valence-corrected chi connectivity index (χ3v) is 5.21. The van der Waals surface area contributed by atoms with Crippen molar-refractivity contribution in [2.75, 3.05) is 11.1 Å². The highest BCUT2D eigenvalue weighted by molar-refractivity contribution is 7.99. The van der Waals surface area contributed by atoms with Crippen molar-refractivity contribution in [2.45, 2.75) is 44.8 Å². The quantitative estimate of drug-likeness (QED) is 0.835. The molecule has 0 fully saturated rings. The Kier molecular flexibility index (Phi) is 4.69. The van der Waals surface area contributed by atoms with Crippen molar-refractivity contribution in [2.24, 2.45) is 5.92 Å². The maximum absolute atomic E-state index is 12.5. The predicted octanol–water partition coefficient (Wildman–Crippen LogP) is 2.60. The van der Waals surface area contributed by atoms with Crippen LogP contribution in [0.3, 0.4) is 0 Å². The van der Waals surface area contributed by atoms with Crippen LogP contribution in [0.5, 0.6) is 0 Å². The molecule has 0 radical (unpaired) electrons. The van der Waals surface area contributed by atoms with E-state index >= 15 is 0 Å². The van der Waals surface area contributed by atoms with Crippen LogP contribution in [0.1, 0.15) is 32.2 Å². The number of nitrogens with zero attached hydrogens (tertiary/aromatic N) is 3. The zero-order valence-electron chi connectivity index (χ0n) is 14.9. The Balaban J connectivity index is 1.79. The molecule has 1 aliphatic rings. The van der Waals surface area contributed by atoms with E-state index in [1.807, 2.05) is 39.8 Å². The van der Waals surface area contributed by atoms with Gasteiger partial charge in [-0.3, -0.25) is 14.2 Å². The number of hydrogen-bond donors (Lipinski definition) is 1. The molecule has 3 heterocycles. The first-order chi connectivity index (χ1) is 11.7. The van der Waals surface area contributed by atoms with Gasteiger partial charge in [0.15, 0.2) is 5.16 Å². The van der Waals surface area contributed by atoms with E-state index in [0.717, 1.165) is 11.4 Å². The second-order valence-corrected chi connectivity index (χ2v) is 8.27. The number of carbonyl (C=O) groups is 1. The van der Waals surface area contributed by atoms with Crippen LogP contribution in [-0.4, -0.2) is 26.2 Å². The maximum atomic E-state index is 12.5. The second-order valence-electron chi connectivity index (χ2n) is 7.28. The predicted molar refractivity (Wildman–Crippen MR) is 99.0 cm³/mol. The fraction of sp³-hybridized carbons (Fsp3) is 0.444. The lowest BCUT2D eigenvalue weighted by Gasteiger charge is -2.26. The van der Waals surface area contributed by atoms with Crippen LogP contribution in [0.4, 0.5) is 5.82 Å². The molecule has 2 aromatic rings. The molecule has 1 atom stereocenters. The minimum absolute atomic E-state index is 0.103. The molecule has 1 unspecified atom stereocenters. The largest absolute Gasteiger partial charge is 0.310 e. The number of pyridine rings is 1. The third-order valence-electron chi connectivity index (χ3n) is 4.07. The van der Waals surface area contributed by atoms with Gasteiger partial charge in [0, 0.05) is 29.5 Å². The first kappa shape index (κ1) is 17.7. The molecule has 7 heteroatoms. The van der Waals surface area contributed by atoms with Crippen molar-refractivity contribution >= 4 is 23.5 Å². The van der Waals surface area contributed by atoms with Crippen LogP contribution in [0.25, 0.3) is 0 Å². The van der Waals surface area contributed by atoms with Crippen molar-refractivity contribution in [3.8, 4) is 0 Å². The van der Waals surface area contributed by atoms with Crippen LogP contribution < -0.4 is 10.9 Å². The van der Waals surface area contributed by atoms with Gasteiger partial charge >= 0.3 is 0 Å². The molecule has 0 bridgehead atoms. The number of rotatable bonds is 2. The summed E-state index contributed by atoms with van der Waals surface area (Å²) in [5.74, 6) is 0.717. The number of hydrogen-bond acceptors (Lipinski definition) is 5. The summed E-state index contributed by atoms with van der Waals surface area (Å²) in [6.07, 6.45) is 0. The normalized spacial score (nSPS) is 17.0. The van der Waals surface area contributed by atoms with E-state index in [9.17, 15) is 9.59 Å². The van der Waals surface area contributed by atoms with Crippen molar-refractivity contribution in [3.63, 3.8) is 0 Å². The van der Waals surface area contributed by atoms with Gasteiger partial charge in [-0.2, -0.15) is 0 Å². The number of carbonyl (C=O) groups excluding carboxylic acids is 1. The van der Waals surface area contributed by atoms with Crippen molar-refractivity contribution < 1.29 is 4.79 Å². The average Bonchev–Trinajstić information content (AvgIpc) is 2.53. The van der Waals surface area contributed by atoms with Gasteiger partial charge in [-0.25, -0.2) is 9.97 Å². The fourth-order valence-electron chi connectivity index (χ4n) is 2.60. The van der Waals surface area contributed by atoms with Crippen LogP contribution in [-0.2, 0) is 16.8 Å². The molecule has 0 aromatic carbocycles. The number of anilines is 1. The Bertz CT molecular complexity index is 870. The lowest BCUT2D eigenvalue weighted by atomic mass is 9.92. The van der Waals surface area contributed by atoms with Crippen molar-refractivity contribution in [1.82, 2.24) is 14.5 Å². The zero-order chi connectivity index (χ0) is 18.2. The fourth-order valence-corrected chi connectivity index (χ4v) is 3.69. The molecule has 25 heavy (non-hydrogen) atoms. The first-order valence-electron chi connectivity index (χ1n) is 8.24. The Morgan fingerprint density at radius 1 is 1.32 bits per heavy atom. The van der Waals surface area contributed by atoms with Crippen LogP contribution in [0.2, 0.25) is 0 Å². The number of fused-ring (bicyclic) bond motifs is 1. The summed E-state index contributed by atoms with van der Waals surface area (Å²) in [5, 5.41) is 3.53. The molecule has 2 aromatic heterocycles. The minimum Gasteiger partial charge on any atom is -0.310 e. The van der Waals surface area contributed by atoms with Gasteiger partial charge in [0.2, 0.25) is 5.91 Å². The van der Waals surface area contributed by atoms with Gasteiger partial charge in [0.25, 0.3) is 5.56 Å². The molecule has 3 rings (SSSR count). The lowest BCUT2D eigenvalue weighted by molar-refractivity contribution is -0.119. The number of aryl methyl sites for hydroxylation is 1. The summed E-state index contributed by atoms with van der Waals surface area (Å²) in [4.78, 5) is 33.9. The molecule has 0 aliphatic carbocycles. The second kappa shape index (κ2) is 6.63. The van der Waals surface area contributed by atoms with Crippen molar-refractivity contribution in [1.29, 1.82) is 0 Å². The van der Waals surface area contributed by atoms with E-state index in [4.69, 9.17) is 0 Å². The standard InChI is InChI=1S/C18H22N4O2S/c1-11-6-5-7-14(19-11)21-16(24)12-9-22-15(23)8-13(18(2,3)4)20-17(22)25-10-12/h5-8,12H,9-10H2,1-4H3,(H,19,21,24). The van der Waals surface area contributed by atoms with Gasteiger partial charge in [0.05, 0.1) is 11.6 Å². The number of thioether (sulfide) groups is 1. The van der Waals surface area contributed by atoms with E-state index in [1.165, 1.54) is 11.8 Å². The lowest BCUT2D eigenvalue weighted by Crippen LogP contribution is -2.37. The zero-order valence-corrected chi connectivity index (χ0v) is 15.7. The van der Waals surface area contributed by atoms with Crippen LogP contribution in [0.15, 0.2) is 34.2 Å². The van der Waals surface area contributed by atoms with Crippen LogP contribution in [0, 0.1) is 12.8 Å². The Morgan fingerprint density at radius 3 is 2.76 bits per heavy atom. The maximum Gasteiger partial charge on any atom is 0.254 e. The molecule has 0 saturated carbocycles. The Labute approximate surface area is 151 Å². The smallest absolute Gasteiger partial charge is 0.254 e. The monoisotopic (exact) mass is 358 g/mol. The van der Waals surface area contributed by atoms with Gasteiger partial charge in [-0.1, -0.05) is 38.6 Å². The van der Waals surface area contributed by atoms with Gasteiger partial charge < -0.3 is 5.32 Å². The molecule has 1 N–H and O–H groups in total. The van der Waals surface area contributed by atoms with Gasteiger partial charge in [0.1, 0.15) is 5.82 Å². The summed E-state index contributed by atoms with van der Waals surface area (Å²) in [5.41, 5.74) is 1.34. The number of aromatic nitrogens is 3. The molecular weight excluding hydrogens is 336 g/mol. The molecule has 0 saturated heterocycles. The molecule has 1 amide bonds. The van der Waals surface area contributed by atoms with Crippen LogP contribution >= 0.6 is 11.8 Å². The van der Waals surface area contributed by atoms with Gasteiger partial charge in [-0.15, -0.1) is 0 Å². The van der Waals surface area contributed by atoms with E-state index in [-0.39, 0.29) is 22.8 Å². The highest BCUT2D eigenvalue weighted by Gasteiger charge is 2.28. The highest BCUT2D eigenvalue weighted by Crippen LogP contribution is 2.28. The van der Waals surface area contributed by atoms with E-state index in [2.05, 4.69) is 15.3 Å². The molecule has 6 nitrogen and oxygen atoms in total. The Hall–Kier alpha value is -2.15. The summed E-state index contributed by atoms with van der Waals surface area (Å²) in [7, 11) is 0. The molecular formula is C18H22N4O2S. The highest BCUT2D eigenvalue weighted by atomic mass is 32.2. The molecule has 0 spiro atoms. The topological polar surface area (TPSA) is 76.9 Å². The summed E-state index contributed by atoms with van der Waals surface area (Å²) < 4.78 is 1.59. The summed E-state index contributed by atoms with van der Waals surface area (Å²) in [6.45, 7) is 8.32. The summed E-state index contributed by atoms with van der Waals surface area (Å²) in [6, 6.07) is 7.07. The first-order valence-corrected chi connectivity index (χ1v) is 9.22. The Morgan fingerprint density at radius 2 is 2.08 bits per heavy atom.